The molecule has 0 radical (unpaired) electrons. The van der Waals surface area contributed by atoms with Gasteiger partial charge in [0.05, 0.1) is 13.0 Å². The summed E-state index contributed by atoms with van der Waals surface area (Å²) in [5.41, 5.74) is 1.99. The maximum atomic E-state index is 12.0. The Balaban J connectivity index is 1.94. The van der Waals surface area contributed by atoms with Crippen LogP contribution in [0.15, 0.2) is 54.6 Å². The van der Waals surface area contributed by atoms with Crippen LogP contribution in [-0.2, 0) is 9.59 Å². The first-order chi connectivity index (χ1) is 12.0. The number of ether oxygens (including phenoxy) is 1. The second-order valence-corrected chi connectivity index (χ2v) is 6.09. The van der Waals surface area contributed by atoms with Crippen LogP contribution in [0.5, 0.6) is 5.75 Å². The molecule has 5 heteroatoms. The zero-order valence-corrected chi connectivity index (χ0v) is 14.4. The van der Waals surface area contributed by atoms with Crippen LogP contribution in [0, 0.1) is 5.92 Å². The molecule has 0 saturated heterocycles. The van der Waals surface area contributed by atoms with Crippen LogP contribution >= 0.6 is 0 Å². The first-order valence-electron chi connectivity index (χ1n) is 8.28. The van der Waals surface area contributed by atoms with E-state index in [1.165, 1.54) is 0 Å². The molecule has 0 unspecified atom stereocenters. The second kappa shape index (κ2) is 8.87. The number of carbonyl (C=O) groups is 2. The number of carboxylic acid groups (broad SMARTS) is 1. The highest BCUT2D eigenvalue weighted by Gasteiger charge is 2.23. The first-order valence-corrected chi connectivity index (χ1v) is 8.28. The van der Waals surface area contributed by atoms with E-state index in [1.54, 1.807) is 13.8 Å². The van der Waals surface area contributed by atoms with Crippen molar-refractivity contribution in [2.75, 3.05) is 6.61 Å². The maximum Gasteiger partial charge on any atom is 0.326 e. The summed E-state index contributed by atoms with van der Waals surface area (Å²) >= 11 is 0. The zero-order valence-electron chi connectivity index (χ0n) is 14.4. The highest BCUT2D eigenvalue weighted by molar-refractivity contribution is 5.83. The van der Waals surface area contributed by atoms with E-state index in [4.69, 9.17) is 9.84 Å². The molecular weight excluding hydrogens is 318 g/mol. The quantitative estimate of drug-likeness (QED) is 0.772. The Morgan fingerprint density at radius 1 is 1.04 bits per heavy atom. The second-order valence-electron chi connectivity index (χ2n) is 6.09. The van der Waals surface area contributed by atoms with Gasteiger partial charge in [-0.25, -0.2) is 4.79 Å². The van der Waals surface area contributed by atoms with Crippen molar-refractivity contribution in [1.82, 2.24) is 5.32 Å². The van der Waals surface area contributed by atoms with Crippen LogP contribution in [-0.4, -0.2) is 29.6 Å². The average molecular weight is 341 g/mol. The number of para-hydroxylation sites is 1. The molecule has 25 heavy (non-hydrogen) atoms. The van der Waals surface area contributed by atoms with E-state index in [2.05, 4.69) is 5.32 Å². The Kier molecular flexibility index (Phi) is 6.57. The summed E-state index contributed by atoms with van der Waals surface area (Å²) in [5.74, 6) is -0.849. The summed E-state index contributed by atoms with van der Waals surface area (Å²) < 4.78 is 5.76. The standard InChI is InChI=1S/C20H23NO4/c1-14(2)19(20(23)24)21-18(22)12-13-25-17-11-7-6-10-16(17)15-8-4-3-5-9-15/h3-11,14,19H,12-13H2,1-2H3,(H,21,22)(H,23,24)/t19-/m1/s1. The van der Waals surface area contributed by atoms with Crippen molar-refractivity contribution in [2.45, 2.75) is 26.3 Å². The molecule has 2 aromatic rings. The van der Waals surface area contributed by atoms with Crippen LogP contribution in [0.25, 0.3) is 11.1 Å². The molecule has 0 aromatic heterocycles. The molecule has 132 valence electrons. The van der Waals surface area contributed by atoms with Gasteiger partial charge in [-0.3, -0.25) is 4.79 Å². The van der Waals surface area contributed by atoms with E-state index in [0.717, 1.165) is 11.1 Å². The lowest BCUT2D eigenvalue weighted by atomic mass is 10.0. The van der Waals surface area contributed by atoms with Crippen LogP contribution in [0.2, 0.25) is 0 Å². The predicted molar refractivity (Wildman–Crippen MR) is 96.4 cm³/mol. The fraction of sp³-hybridized carbons (Fsp3) is 0.300. The third-order valence-electron chi connectivity index (χ3n) is 3.81. The molecule has 2 rings (SSSR count). The molecule has 2 aromatic carbocycles. The van der Waals surface area contributed by atoms with Crippen LogP contribution < -0.4 is 10.1 Å². The zero-order chi connectivity index (χ0) is 18.2. The van der Waals surface area contributed by atoms with E-state index in [0.29, 0.717) is 5.75 Å². The normalized spacial score (nSPS) is 11.8. The van der Waals surface area contributed by atoms with E-state index in [9.17, 15) is 9.59 Å². The van der Waals surface area contributed by atoms with Gasteiger partial charge in [-0.2, -0.15) is 0 Å². The maximum absolute atomic E-state index is 12.0. The molecule has 5 nitrogen and oxygen atoms in total. The molecule has 1 atom stereocenters. The lowest BCUT2D eigenvalue weighted by Gasteiger charge is -2.18. The predicted octanol–water partition coefficient (Wildman–Crippen LogP) is 3.35. The van der Waals surface area contributed by atoms with Crippen molar-refractivity contribution in [3.8, 4) is 16.9 Å². The van der Waals surface area contributed by atoms with Gasteiger partial charge in [0, 0.05) is 5.56 Å². The number of hydrogen-bond donors (Lipinski definition) is 2. The Hall–Kier alpha value is -2.82. The molecule has 0 heterocycles. The molecule has 0 saturated carbocycles. The number of amides is 1. The Bertz CT molecular complexity index is 713. The third-order valence-corrected chi connectivity index (χ3v) is 3.81. The number of carbonyl (C=O) groups excluding carboxylic acids is 1. The van der Waals surface area contributed by atoms with Crippen LogP contribution in [0.3, 0.4) is 0 Å². The van der Waals surface area contributed by atoms with Gasteiger partial charge in [0.1, 0.15) is 11.8 Å². The minimum absolute atomic E-state index is 0.0968. The first kappa shape index (κ1) is 18.5. The fourth-order valence-electron chi connectivity index (χ4n) is 2.46. The lowest BCUT2D eigenvalue weighted by molar-refractivity contribution is -0.143. The Morgan fingerprint density at radius 3 is 2.32 bits per heavy atom. The Morgan fingerprint density at radius 2 is 1.68 bits per heavy atom. The Labute approximate surface area is 147 Å². The van der Waals surface area contributed by atoms with Crippen molar-refractivity contribution in [3.63, 3.8) is 0 Å². The molecule has 0 bridgehead atoms. The number of nitrogens with one attached hydrogen (secondary N) is 1. The van der Waals surface area contributed by atoms with Gasteiger partial charge in [-0.05, 0) is 17.5 Å². The molecule has 0 spiro atoms. The fourth-order valence-corrected chi connectivity index (χ4v) is 2.46. The number of aliphatic carboxylic acids is 1. The van der Waals surface area contributed by atoms with Crippen LogP contribution in [0.4, 0.5) is 0 Å². The van der Waals surface area contributed by atoms with Crippen molar-refractivity contribution in [2.24, 2.45) is 5.92 Å². The summed E-state index contributed by atoms with van der Waals surface area (Å²) in [6.45, 7) is 3.69. The molecule has 1 amide bonds. The van der Waals surface area contributed by atoms with Gasteiger partial charge in [0.2, 0.25) is 5.91 Å². The van der Waals surface area contributed by atoms with E-state index in [-0.39, 0.29) is 24.9 Å². The summed E-state index contributed by atoms with van der Waals surface area (Å²) in [7, 11) is 0. The minimum Gasteiger partial charge on any atom is -0.492 e. The molecule has 0 aliphatic rings. The lowest BCUT2D eigenvalue weighted by Crippen LogP contribution is -2.44. The highest BCUT2D eigenvalue weighted by Crippen LogP contribution is 2.29. The molecular formula is C20H23NO4. The topological polar surface area (TPSA) is 75.6 Å². The number of carboxylic acids is 1. The van der Waals surface area contributed by atoms with E-state index in [1.807, 2.05) is 54.6 Å². The summed E-state index contributed by atoms with van der Waals surface area (Å²) in [5, 5.41) is 11.6. The van der Waals surface area contributed by atoms with Gasteiger partial charge >= 0.3 is 5.97 Å². The minimum atomic E-state index is -1.03. The number of rotatable bonds is 8. The van der Waals surface area contributed by atoms with E-state index < -0.39 is 12.0 Å². The third kappa shape index (κ3) is 5.35. The SMILES string of the molecule is CC(C)[C@@H](NC(=O)CCOc1ccccc1-c1ccccc1)C(=O)O. The number of benzene rings is 2. The van der Waals surface area contributed by atoms with Gasteiger partial charge in [-0.1, -0.05) is 62.4 Å². The number of hydrogen-bond acceptors (Lipinski definition) is 3. The average Bonchev–Trinajstić information content (AvgIpc) is 2.60. The van der Waals surface area contributed by atoms with Gasteiger partial charge in [-0.15, -0.1) is 0 Å². The van der Waals surface area contributed by atoms with E-state index >= 15 is 0 Å². The monoisotopic (exact) mass is 341 g/mol. The largest absolute Gasteiger partial charge is 0.492 e. The molecule has 0 fully saturated rings. The van der Waals surface area contributed by atoms with Crippen LogP contribution in [0.1, 0.15) is 20.3 Å². The molecule has 2 N–H and O–H groups in total. The van der Waals surface area contributed by atoms with Crippen molar-refractivity contribution < 1.29 is 19.4 Å². The van der Waals surface area contributed by atoms with Crippen molar-refractivity contribution in [3.05, 3.63) is 54.6 Å². The highest BCUT2D eigenvalue weighted by atomic mass is 16.5. The van der Waals surface area contributed by atoms with Gasteiger partial charge in [0.25, 0.3) is 0 Å². The molecule has 0 aliphatic heterocycles. The van der Waals surface area contributed by atoms with Crippen molar-refractivity contribution in [1.29, 1.82) is 0 Å². The summed E-state index contributed by atoms with van der Waals surface area (Å²) in [6, 6.07) is 16.6. The summed E-state index contributed by atoms with van der Waals surface area (Å²) in [6.07, 6.45) is 0.0968. The van der Waals surface area contributed by atoms with Gasteiger partial charge < -0.3 is 15.2 Å². The smallest absolute Gasteiger partial charge is 0.326 e. The molecule has 0 aliphatic carbocycles. The van der Waals surface area contributed by atoms with Gasteiger partial charge in [0.15, 0.2) is 0 Å². The summed E-state index contributed by atoms with van der Waals surface area (Å²) in [4.78, 5) is 23.1. The van der Waals surface area contributed by atoms with Crippen molar-refractivity contribution >= 4 is 11.9 Å².